The Balaban J connectivity index is 1.51. The van der Waals surface area contributed by atoms with Crippen LogP contribution in [0.5, 0.6) is 0 Å². The van der Waals surface area contributed by atoms with Crippen LogP contribution in [0.25, 0.3) is 0 Å². The van der Waals surface area contributed by atoms with Crippen LogP contribution in [0.2, 0.25) is 0 Å². The van der Waals surface area contributed by atoms with Crippen LogP contribution in [0, 0.1) is 0 Å². The zero-order valence-corrected chi connectivity index (χ0v) is 10.6. The molecule has 5 nitrogen and oxygen atoms in total. The summed E-state index contributed by atoms with van der Waals surface area (Å²) in [6.07, 6.45) is 7.71. The molecule has 2 bridgehead atoms. The van der Waals surface area contributed by atoms with Crippen LogP contribution in [-0.2, 0) is 11.3 Å². The van der Waals surface area contributed by atoms with Crippen LogP contribution in [0.4, 0.5) is 0 Å². The first-order valence-corrected chi connectivity index (χ1v) is 6.49. The number of hydrogen-bond donors (Lipinski definition) is 2. The van der Waals surface area contributed by atoms with Gasteiger partial charge in [0.1, 0.15) is 0 Å². The molecule has 0 aliphatic carbocycles. The molecule has 0 aromatic carbocycles. The van der Waals surface area contributed by atoms with Crippen molar-refractivity contribution in [1.29, 1.82) is 0 Å². The number of nitrogens with zero attached hydrogens (tertiary/aromatic N) is 1. The highest BCUT2D eigenvalue weighted by Gasteiger charge is 2.41. The third-order valence-corrected chi connectivity index (χ3v) is 3.69. The van der Waals surface area contributed by atoms with E-state index in [-0.39, 0.29) is 0 Å². The molecular weight excluding hydrogens is 230 g/mol. The normalized spacial score (nSPS) is 30.7. The first-order chi connectivity index (χ1) is 8.85. The maximum absolute atomic E-state index is 5.82. The van der Waals surface area contributed by atoms with E-state index in [0.29, 0.717) is 18.2 Å². The quantitative estimate of drug-likeness (QED) is 0.625. The molecule has 2 aliphatic heterocycles. The van der Waals surface area contributed by atoms with E-state index < -0.39 is 0 Å². The van der Waals surface area contributed by atoms with Crippen molar-refractivity contribution in [3.05, 3.63) is 24.2 Å². The van der Waals surface area contributed by atoms with Crippen molar-refractivity contribution in [3.63, 3.8) is 0 Å². The summed E-state index contributed by atoms with van der Waals surface area (Å²) in [6.45, 7) is 0.720. The van der Waals surface area contributed by atoms with Crippen LogP contribution in [0.1, 0.15) is 24.8 Å². The van der Waals surface area contributed by atoms with Gasteiger partial charge in [0.2, 0.25) is 0 Å². The van der Waals surface area contributed by atoms with Gasteiger partial charge >= 0.3 is 0 Å². The van der Waals surface area contributed by atoms with E-state index in [1.165, 1.54) is 12.8 Å². The van der Waals surface area contributed by atoms with Gasteiger partial charge in [0.15, 0.2) is 5.96 Å². The zero-order chi connectivity index (χ0) is 12.4. The minimum absolute atomic E-state index is 0.363. The highest BCUT2D eigenvalue weighted by Crippen LogP contribution is 2.34. The molecule has 3 atom stereocenters. The van der Waals surface area contributed by atoms with Crippen LogP contribution >= 0.6 is 0 Å². The Labute approximate surface area is 107 Å². The molecule has 5 heteroatoms. The largest absolute Gasteiger partial charge is 0.472 e. The Morgan fingerprint density at radius 3 is 3.06 bits per heavy atom. The summed E-state index contributed by atoms with van der Waals surface area (Å²) in [5, 5.41) is 6.72. The second-order valence-corrected chi connectivity index (χ2v) is 4.92. The Hall–Kier alpha value is -1.49. The lowest BCUT2D eigenvalue weighted by atomic mass is 9.96. The maximum Gasteiger partial charge on any atom is 0.191 e. The molecule has 0 spiro atoms. The van der Waals surface area contributed by atoms with E-state index in [2.05, 4.69) is 15.6 Å². The second kappa shape index (κ2) is 5.02. The van der Waals surface area contributed by atoms with Crippen molar-refractivity contribution in [2.75, 3.05) is 7.05 Å². The number of hydrogen-bond acceptors (Lipinski definition) is 3. The highest BCUT2D eigenvalue weighted by molar-refractivity contribution is 5.80. The van der Waals surface area contributed by atoms with Gasteiger partial charge in [0.25, 0.3) is 0 Å². The van der Waals surface area contributed by atoms with E-state index in [1.807, 2.05) is 6.07 Å². The number of rotatable bonds is 3. The molecule has 0 amide bonds. The summed E-state index contributed by atoms with van der Waals surface area (Å²) < 4.78 is 10.9. The summed E-state index contributed by atoms with van der Waals surface area (Å²) in [5.74, 6) is 0.831. The van der Waals surface area contributed by atoms with Gasteiger partial charge in [-0.15, -0.1) is 0 Å². The number of nitrogens with one attached hydrogen (secondary N) is 2. The maximum atomic E-state index is 5.82. The molecule has 98 valence electrons. The van der Waals surface area contributed by atoms with Crippen LogP contribution in [-0.4, -0.2) is 31.3 Å². The first kappa shape index (κ1) is 11.6. The second-order valence-electron chi connectivity index (χ2n) is 4.92. The summed E-state index contributed by atoms with van der Waals surface area (Å²) in [5.41, 5.74) is 1.11. The Morgan fingerprint density at radius 1 is 1.50 bits per heavy atom. The topological polar surface area (TPSA) is 58.8 Å². The number of aliphatic imine (C=N–C) groups is 1. The molecule has 0 saturated carbocycles. The average molecular weight is 249 g/mol. The predicted octanol–water partition coefficient (Wildman–Crippen LogP) is 1.26. The van der Waals surface area contributed by atoms with E-state index in [0.717, 1.165) is 24.5 Å². The van der Waals surface area contributed by atoms with Crippen molar-refractivity contribution in [2.24, 2.45) is 4.99 Å². The van der Waals surface area contributed by atoms with E-state index in [4.69, 9.17) is 9.15 Å². The third kappa shape index (κ3) is 2.36. The van der Waals surface area contributed by atoms with Gasteiger partial charge in [-0.25, -0.2) is 0 Å². The highest BCUT2D eigenvalue weighted by atomic mass is 16.5. The Bertz CT molecular complexity index is 416. The molecule has 0 radical (unpaired) electrons. The predicted molar refractivity (Wildman–Crippen MR) is 68.3 cm³/mol. The van der Waals surface area contributed by atoms with E-state index >= 15 is 0 Å². The monoisotopic (exact) mass is 249 g/mol. The van der Waals surface area contributed by atoms with Gasteiger partial charge in [-0.05, 0) is 25.3 Å². The van der Waals surface area contributed by atoms with Crippen molar-refractivity contribution < 1.29 is 9.15 Å². The molecule has 3 heterocycles. The minimum Gasteiger partial charge on any atom is -0.472 e. The van der Waals surface area contributed by atoms with Gasteiger partial charge < -0.3 is 19.8 Å². The van der Waals surface area contributed by atoms with Gasteiger partial charge in [-0.2, -0.15) is 0 Å². The summed E-state index contributed by atoms with van der Waals surface area (Å²) in [7, 11) is 1.79. The fourth-order valence-corrected chi connectivity index (χ4v) is 2.74. The number of guanidine groups is 1. The fourth-order valence-electron chi connectivity index (χ4n) is 2.74. The number of furan rings is 1. The third-order valence-electron chi connectivity index (χ3n) is 3.69. The Morgan fingerprint density at radius 2 is 2.44 bits per heavy atom. The number of fused-ring (bicyclic) bond motifs is 2. The summed E-state index contributed by atoms with van der Waals surface area (Å²) in [6, 6.07) is 2.35. The molecule has 1 aromatic rings. The molecule has 2 N–H and O–H groups in total. The summed E-state index contributed by atoms with van der Waals surface area (Å²) in [4.78, 5) is 4.24. The van der Waals surface area contributed by atoms with Crippen molar-refractivity contribution in [2.45, 2.75) is 44.1 Å². The standard InChI is InChI=1S/C13H19N3O2/c1-14-13(15-7-9-4-5-17-8-9)16-11-6-10-2-3-12(11)18-10/h4-5,8,10-12H,2-3,6-7H2,1H3,(H2,14,15,16). The molecule has 2 fully saturated rings. The molecule has 1 aromatic heterocycles. The minimum atomic E-state index is 0.363. The van der Waals surface area contributed by atoms with Gasteiger partial charge in [0, 0.05) is 19.2 Å². The Kier molecular flexibility index (Phi) is 3.23. The van der Waals surface area contributed by atoms with Gasteiger partial charge in [-0.3, -0.25) is 4.99 Å². The first-order valence-electron chi connectivity index (χ1n) is 6.49. The van der Waals surface area contributed by atoms with Gasteiger partial charge in [-0.1, -0.05) is 0 Å². The summed E-state index contributed by atoms with van der Waals surface area (Å²) >= 11 is 0. The zero-order valence-electron chi connectivity index (χ0n) is 10.6. The average Bonchev–Trinajstić information content (AvgIpc) is 3.10. The van der Waals surface area contributed by atoms with Crippen molar-refractivity contribution in [1.82, 2.24) is 10.6 Å². The lowest BCUT2D eigenvalue weighted by Gasteiger charge is -2.22. The fraction of sp³-hybridized carbons (Fsp3) is 0.615. The molecule has 3 unspecified atom stereocenters. The van der Waals surface area contributed by atoms with E-state index in [1.54, 1.807) is 19.6 Å². The number of ether oxygens (including phenoxy) is 1. The molecule has 2 saturated heterocycles. The van der Waals surface area contributed by atoms with Crippen molar-refractivity contribution >= 4 is 5.96 Å². The van der Waals surface area contributed by atoms with Crippen LogP contribution in [0.3, 0.4) is 0 Å². The van der Waals surface area contributed by atoms with Crippen LogP contribution in [0.15, 0.2) is 28.0 Å². The van der Waals surface area contributed by atoms with Gasteiger partial charge in [0.05, 0.1) is 30.8 Å². The molecular formula is C13H19N3O2. The molecule has 3 rings (SSSR count). The molecule has 18 heavy (non-hydrogen) atoms. The van der Waals surface area contributed by atoms with E-state index in [9.17, 15) is 0 Å². The van der Waals surface area contributed by atoms with Crippen LogP contribution < -0.4 is 10.6 Å². The lowest BCUT2D eigenvalue weighted by molar-refractivity contribution is 0.0992. The lowest BCUT2D eigenvalue weighted by Crippen LogP contribution is -2.47. The SMILES string of the molecule is CN=C(NCc1ccoc1)NC1CC2CCC1O2. The smallest absolute Gasteiger partial charge is 0.191 e. The van der Waals surface area contributed by atoms with Crippen molar-refractivity contribution in [3.8, 4) is 0 Å². The molecule has 2 aliphatic rings.